The van der Waals surface area contributed by atoms with E-state index in [-0.39, 0.29) is 11.9 Å². The van der Waals surface area contributed by atoms with E-state index >= 15 is 0 Å². The van der Waals surface area contributed by atoms with Crippen molar-refractivity contribution >= 4 is 17.7 Å². The summed E-state index contributed by atoms with van der Waals surface area (Å²) in [5, 5.41) is 2.99. The van der Waals surface area contributed by atoms with Gasteiger partial charge >= 0.3 is 6.09 Å². The first-order chi connectivity index (χ1) is 11.8. The summed E-state index contributed by atoms with van der Waals surface area (Å²) in [5.74, 6) is 0.0889. The summed E-state index contributed by atoms with van der Waals surface area (Å²) in [7, 11) is 0. The molecule has 2 heterocycles. The minimum Gasteiger partial charge on any atom is -0.444 e. The SMILES string of the molecule is CC(C)(C)OC(=O)N1CCc2nc(Nc3cccc(F)c3)ncc2C1. The van der Waals surface area contributed by atoms with E-state index in [9.17, 15) is 9.18 Å². The van der Waals surface area contributed by atoms with Crippen LogP contribution in [-0.4, -0.2) is 33.1 Å². The summed E-state index contributed by atoms with van der Waals surface area (Å²) >= 11 is 0. The summed E-state index contributed by atoms with van der Waals surface area (Å²) in [5.41, 5.74) is 1.84. The lowest BCUT2D eigenvalue weighted by molar-refractivity contribution is 0.0222. The Kier molecular flexibility index (Phi) is 4.57. The molecule has 2 aromatic rings. The van der Waals surface area contributed by atoms with Crippen molar-refractivity contribution in [2.75, 3.05) is 11.9 Å². The number of hydrogen-bond donors (Lipinski definition) is 1. The fraction of sp³-hybridized carbons (Fsp3) is 0.389. The molecule has 6 nitrogen and oxygen atoms in total. The first-order valence-electron chi connectivity index (χ1n) is 8.15. The normalized spacial score (nSPS) is 14.0. The Morgan fingerprint density at radius 3 is 2.88 bits per heavy atom. The molecular weight excluding hydrogens is 323 g/mol. The second-order valence-electron chi connectivity index (χ2n) is 6.95. The van der Waals surface area contributed by atoms with Gasteiger partial charge in [-0.25, -0.2) is 19.2 Å². The maximum Gasteiger partial charge on any atom is 0.410 e. The molecule has 25 heavy (non-hydrogen) atoms. The van der Waals surface area contributed by atoms with E-state index in [1.54, 1.807) is 23.2 Å². The largest absolute Gasteiger partial charge is 0.444 e. The summed E-state index contributed by atoms with van der Waals surface area (Å²) in [6.45, 7) is 6.49. The zero-order valence-electron chi connectivity index (χ0n) is 14.5. The summed E-state index contributed by atoms with van der Waals surface area (Å²) in [4.78, 5) is 22.6. The monoisotopic (exact) mass is 344 g/mol. The molecule has 1 aromatic heterocycles. The van der Waals surface area contributed by atoms with Crippen molar-refractivity contribution in [3.8, 4) is 0 Å². The van der Waals surface area contributed by atoms with Gasteiger partial charge in [-0.2, -0.15) is 0 Å². The van der Waals surface area contributed by atoms with Crippen LogP contribution in [0.1, 0.15) is 32.0 Å². The van der Waals surface area contributed by atoms with Crippen LogP contribution in [0.3, 0.4) is 0 Å². The fourth-order valence-corrected chi connectivity index (χ4v) is 2.55. The van der Waals surface area contributed by atoms with E-state index in [1.165, 1.54) is 12.1 Å². The van der Waals surface area contributed by atoms with Gasteiger partial charge in [-0.1, -0.05) is 6.07 Å². The summed E-state index contributed by atoms with van der Waals surface area (Å²) in [6, 6.07) is 6.13. The smallest absolute Gasteiger partial charge is 0.410 e. The quantitative estimate of drug-likeness (QED) is 0.901. The molecule has 1 aliphatic rings. The molecule has 0 fully saturated rings. The first-order valence-corrected chi connectivity index (χ1v) is 8.15. The van der Waals surface area contributed by atoms with Gasteiger partial charge in [-0.05, 0) is 39.0 Å². The molecule has 1 amide bonds. The Labute approximate surface area is 146 Å². The molecule has 0 spiro atoms. The second-order valence-corrected chi connectivity index (χ2v) is 6.95. The van der Waals surface area contributed by atoms with Crippen LogP contribution >= 0.6 is 0 Å². The Balaban J connectivity index is 1.70. The molecule has 1 aliphatic heterocycles. The van der Waals surface area contributed by atoms with Gasteiger partial charge in [0.1, 0.15) is 11.4 Å². The number of carbonyl (C=O) groups excluding carboxylic acids is 1. The molecule has 0 saturated heterocycles. The fourth-order valence-electron chi connectivity index (χ4n) is 2.55. The van der Waals surface area contributed by atoms with Gasteiger partial charge < -0.3 is 15.0 Å². The number of anilines is 2. The molecular formula is C18H21FN4O2. The van der Waals surface area contributed by atoms with E-state index in [4.69, 9.17) is 4.74 Å². The molecule has 1 aromatic carbocycles. The molecule has 1 N–H and O–H groups in total. The number of nitrogens with one attached hydrogen (secondary N) is 1. The molecule has 0 bridgehead atoms. The lowest BCUT2D eigenvalue weighted by atomic mass is 10.1. The molecule has 0 radical (unpaired) electrons. The van der Waals surface area contributed by atoms with Gasteiger partial charge in [0, 0.05) is 30.4 Å². The minimum atomic E-state index is -0.521. The van der Waals surface area contributed by atoms with Gasteiger partial charge in [0.05, 0.1) is 12.2 Å². The van der Waals surface area contributed by atoms with Gasteiger partial charge in [-0.15, -0.1) is 0 Å². The van der Waals surface area contributed by atoms with Gasteiger partial charge in [-0.3, -0.25) is 0 Å². The topological polar surface area (TPSA) is 67.3 Å². The van der Waals surface area contributed by atoms with Crippen molar-refractivity contribution in [3.63, 3.8) is 0 Å². The second kappa shape index (κ2) is 6.66. The third-order valence-corrected chi connectivity index (χ3v) is 3.67. The number of aromatic nitrogens is 2. The molecule has 0 aliphatic carbocycles. The van der Waals surface area contributed by atoms with Gasteiger partial charge in [0.25, 0.3) is 0 Å². The number of hydrogen-bond acceptors (Lipinski definition) is 5. The highest BCUT2D eigenvalue weighted by Crippen LogP contribution is 2.21. The molecule has 0 atom stereocenters. The van der Waals surface area contributed by atoms with Crippen molar-refractivity contribution in [3.05, 3.63) is 47.5 Å². The highest BCUT2D eigenvalue weighted by molar-refractivity contribution is 5.68. The van der Waals surface area contributed by atoms with E-state index in [0.717, 1.165) is 11.3 Å². The average molecular weight is 344 g/mol. The van der Waals surface area contributed by atoms with Gasteiger partial charge in [0.2, 0.25) is 5.95 Å². The Morgan fingerprint density at radius 1 is 1.36 bits per heavy atom. The maximum atomic E-state index is 13.2. The highest BCUT2D eigenvalue weighted by Gasteiger charge is 2.26. The van der Waals surface area contributed by atoms with Gasteiger partial charge in [0.15, 0.2) is 0 Å². The van der Waals surface area contributed by atoms with E-state index in [0.29, 0.717) is 31.1 Å². The Bertz CT molecular complexity index is 789. The maximum absolute atomic E-state index is 13.2. The summed E-state index contributed by atoms with van der Waals surface area (Å²) in [6.07, 6.45) is 1.98. The van der Waals surface area contributed by atoms with Crippen LogP contribution in [0.15, 0.2) is 30.5 Å². The average Bonchev–Trinajstić information content (AvgIpc) is 2.53. The van der Waals surface area contributed by atoms with E-state index in [2.05, 4.69) is 15.3 Å². The zero-order chi connectivity index (χ0) is 18.0. The lowest BCUT2D eigenvalue weighted by Gasteiger charge is -2.30. The molecule has 0 unspecified atom stereocenters. The zero-order valence-corrected chi connectivity index (χ0v) is 14.5. The molecule has 7 heteroatoms. The number of halogens is 1. The van der Waals surface area contributed by atoms with Crippen LogP contribution in [-0.2, 0) is 17.7 Å². The third kappa shape index (κ3) is 4.43. The number of amides is 1. The number of fused-ring (bicyclic) bond motifs is 1. The number of ether oxygens (including phenoxy) is 1. The molecule has 0 saturated carbocycles. The number of nitrogens with zero attached hydrogens (tertiary/aromatic N) is 3. The summed E-state index contributed by atoms with van der Waals surface area (Å²) < 4.78 is 18.7. The van der Waals surface area contributed by atoms with Crippen molar-refractivity contribution in [2.45, 2.75) is 39.3 Å². The molecule has 132 valence electrons. The predicted molar refractivity (Wildman–Crippen MR) is 92.1 cm³/mol. The molecule has 3 rings (SSSR count). The van der Waals surface area contributed by atoms with Crippen LogP contribution in [0.5, 0.6) is 0 Å². The minimum absolute atomic E-state index is 0.323. The van der Waals surface area contributed by atoms with Crippen molar-refractivity contribution in [1.29, 1.82) is 0 Å². The van der Waals surface area contributed by atoms with Crippen LogP contribution in [0.2, 0.25) is 0 Å². The Hall–Kier alpha value is -2.70. The predicted octanol–water partition coefficient (Wildman–Crippen LogP) is 3.65. The van der Waals surface area contributed by atoms with Crippen LogP contribution in [0.4, 0.5) is 20.8 Å². The lowest BCUT2D eigenvalue weighted by Crippen LogP contribution is -2.40. The standard InChI is InChI=1S/C18H21FN4O2/c1-18(2,3)25-17(24)23-8-7-15-12(11-23)10-20-16(22-15)21-14-6-4-5-13(19)9-14/h4-6,9-10H,7-8,11H2,1-3H3,(H,20,21,22). The van der Waals surface area contributed by atoms with E-state index < -0.39 is 5.60 Å². The van der Waals surface area contributed by atoms with Crippen molar-refractivity contribution in [2.24, 2.45) is 0 Å². The van der Waals surface area contributed by atoms with Crippen molar-refractivity contribution < 1.29 is 13.9 Å². The Morgan fingerprint density at radius 2 is 2.16 bits per heavy atom. The third-order valence-electron chi connectivity index (χ3n) is 3.67. The highest BCUT2D eigenvalue weighted by atomic mass is 19.1. The van der Waals surface area contributed by atoms with Crippen LogP contribution < -0.4 is 5.32 Å². The van der Waals surface area contributed by atoms with Crippen LogP contribution in [0, 0.1) is 5.82 Å². The number of benzene rings is 1. The van der Waals surface area contributed by atoms with E-state index in [1.807, 2.05) is 20.8 Å². The number of rotatable bonds is 2. The number of carbonyl (C=O) groups is 1. The van der Waals surface area contributed by atoms with Crippen LogP contribution in [0.25, 0.3) is 0 Å². The first kappa shape index (κ1) is 17.1. The van der Waals surface area contributed by atoms with Crippen molar-refractivity contribution in [1.82, 2.24) is 14.9 Å².